The maximum atomic E-state index is 7.29. The van der Waals surface area contributed by atoms with Gasteiger partial charge in [0.1, 0.15) is 5.58 Å². The molecule has 2 aliphatic rings. The summed E-state index contributed by atoms with van der Waals surface area (Å²) in [6.07, 6.45) is 0. The first-order chi connectivity index (χ1) is 36.2. The molecule has 10 aromatic rings. The number of hydrogen-bond acceptors (Lipinski definition) is 4. The molecule has 0 atom stereocenters. The monoisotopic (exact) mass is 992 g/mol. The first-order valence-corrected chi connectivity index (χ1v) is 27.3. The second kappa shape index (κ2) is 17.7. The van der Waals surface area contributed by atoms with Crippen LogP contribution >= 0.6 is 0 Å². The van der Waals surface area contributed by atoms with E-state index in [9.17, 15) is 0 Å². The molecule has 1 aromatic heterocycles. The average molecular weight is 992 g/mol. The zero-order valence-electron chi connectivity index (χ0n) is 46.7. The van der Waals surface area contributed by atoms with Crippen LogP contribution < -0.4 is 31.1 Å². The third kappa shape index (κ3) is 8.13. The molecule has 76 heavy (non-hydrogen) atoms. The van der Waals surface area contributed by atoms with Crippen LogP contribution in [-0.4, -0.2) is 6.71 Å². The molecule has 0 unspecified atom stereocenters. The number of rotatable bonds is 6. The molecular weight excluding hydrogens is 922 g/mol. The standard InChI is InChI=1S/C71H70BN3O/c1-45-23-17-19-30-58(45)74(62-32-22-28-54-53-27-21-29-55(71(11,12)13)66(53)76-67(54)62)51-43-63-65-64(44-51)75(59-31-20-18-26-52(59)46-24-15-14-16-25-46)61-40-36-49(70(8,9)10)42-57(61)72(65)56-41-48(69(5,6)7)35-39-60(56)73(63)50-37-33-47(34-38-50)68(2,3)4/h14-44H,1-13H3. The van der Waals surface area contributed by atoms with Crippen molar-refractivity contribution in [1.29, 1.82) is 0 Å². The van der Waals surface area contributed by atoms with Crippen LogP contribution in [0.25, 0.3) is 33.1 Å². The van der Waals surface area contributed by atoms with Crippen LogP contribution in [-0.2, 0) is 21.7 Å². The molecule has 3 heterocycles. The normalized spacial score (nSPS) is 13.5. The Balaban J connectivity index is 1.25. The summed E-state index contributed by atoms with van der Waals surface area (Å²) in [4.78, 5) is 7.64. The number of benzene rings is 9. The van der Waals surface area contributed by atoms with Gasteiger partial charge in [0.25, 0.3) is 6.71 Å². The number of nitrogens with zero attached hydrogens (tertiary/aromatic N) is 3. The average Bonchev–Trinajstić information content (AvgIpc) is 3.86. The number of hydrogen-bond donors (Lipinski definition) is 0. The van der Waals surface area contributed by atoms with Gasteiger partial charge >= 0.3 is 0 Å². The van der Waals surface area contributed by atoms with Crippen molar-refractivity contribution in [1.82, 2.24) is 0 Å². The van der Waals surface area contributed by atoms with Crippen molar-refractivity contribution in [3.63, 3.8) is 0 Å². The van der Waals surface area contributed by atoms with Crippen molar-refractivity contribution in [2.45, 2.75) is 112 Å². The molecule has 5 heteroatoms. The van der Waals surface area contributed by atoms with Crippen molar-refractivity contribution in [2.24, 2.45) is 0 Å². The van der Waals surface area contributed by atoms with Gasteiger partial charge in [-0.2, -0.15) is 0 Å². The van der Waals surface area contributed by atoms with Gasteiger partial charge in [-0.25, -0.2) is 0 Å². The highest BCUT2D eigenvalue weighted by Crippen LogP contribution is 2.52. The third-order valence-corrected chi connectivity index (χ3v) is 16.2. The number of anilines is 9. The highest BCUT2D eigenvalue weighted by molar-refractivity contribution is 7.00. The van der Waals surface area contributed by atoms with E-state index >= 15 is 0 Å². The van der Waals surface area contributed by atoms with E-state index in [-0.39, 0.29) is 28.4 Å². The van der Waals surface area contributed by atoms with Gasteiger partial charge in [0, 0.05) is 56.0 Å². The third-order valence-electron chi connectivity index (χ3n) is 16.2. The lowest BCUT2D eigenvalue weighted by Crippen LogP contribution is -2.61. The van der Waals surface area contributed by atoms with E-state index in [1.165, 1.54) is 61.1 Å². The summed E-state index contributed by atoms with van der Waals surface area (Å²) >= 11 is 0. The quantitative estimate of drug-likeness (QED) is 0.155. The van der Waals surface area contributed by atoms with Crippen LogP contribution in [0.2, 0.25) is 0 Å². The Labute approximate surface area is 451 Å². The van der Waals surface area contributed by atoms with E-state index in [0.717, 1.165) is 67.3 Å². The fourth-order valence-corrected chi connectivity index (χ4v) is 12.0. The molecule has 0 aliphatic carbocycles. The van der Waals surface area contributed by atoms with Crippen molar-refractivity contribution in [3.05, 3.63) is 216 Å². The van der Waals surface area contributed by atoms with Crippen molar-refractivity contribution in [3.8, 4) is 11.1 Å². The fraction of sp³-hybridized carbons (Fsp3) is 0.239. The molecule has 2 aliphatic heterocycles. The summed E-state index contributed by atoms with van der Waals surface area (Å²) in [5.41, 5.74) is 24.1. The van der Waals surface area contributed by atoms with Gasteiger partial charge in [-0.15, -0.1) is 0 Å². The van der Waals surface area contributed by atoms with Gasteiger partial charge in [0.2, 0.25) is 0 Å². The van der Waals surface area contributed by atoms with E-state index in [1.807, 2.05) is 0 Å². The molecule has 9 aromatic carbocycles. The molecule has 0 saturated heterocycles. The van der Waals surface area contributed by atoms with Crippen LogP contribution in [0.4, 0.5) is 51.2 Å². The zero-order valence-corrected chi connectivity index (χ0v) is 46.7. The molecule has 4 nitrogen and oxygen atoms in total. The second-order valence-corrected chi connectivity index (χ2v) is 25.5. The SMILES string of the molecule is Cc1ccccc1N(c1cc2c3c(c1)N(c1ccccc1-c1ccccc1)c1ccc(C(C)(C)C)cc1B3c1cc(C(C)(C)C)ccc1N2c1ccc(C(C)(C)C)cc1)c1cccc2c1oc1c(C(C)(C)C)cccc12. The first kappa shape index (κ1) is 49.1. The number of furan rings is 1. The summed E-state index contributed by atoms with van der Waals surface area (Å²) in [7, 11) is 0. The van der Waals surface area contributed by atoms with E-state index < -0.39 is 0 Å². The number of para-hydroxylation sites is 4. The molecule has 0 N–H and O–H groups in total. The minimum atomic E-state index is -0.122. The van der Waals surface area contributed by atoms with Gasteiger partial charge < -0.3 is 19.1 Å². The Bertz CT molecular complexity index is 3890. The summed E-state index contributed by atoms with van der Waals surface area (Å²) in [6.45, 7) is 29.9. The summed E-state index contributed by atoms with van der Waals surface area (Å²) in [5, 5.41) is 2.23. The highest BCUT2D eigenvalue weighted by atomic mass is 16.3. The van der Waals surface area contributed by atoms with Crippen molar-refractivity contribution in [2.75, 3.05) is 14.7 Å². The summed E-state index contributed by atoms with van der Waals surface area (Å²) < 4.78 is 7.29. The van der Waals surface area contributed by atoms with Crippen LogP contribution in [0.15, 0.2) is 192 Å². The zero-order chi connectivity index (χ0) is 53.2. The lowest BCUT2D eigenvalue weighted by molar-refractivity contribution is 0.573. The molecule has 0 saturated carbocycles. The first-order valence-electron chi connectivity index (χ1n) is 27.3. The maximum Gasteiger partial charge on any atom is 0.252 e. The fourth-order valence-electron chi connectivity index (χ4n) is 12.0. The van der Waals surface area contributed by atoms with Crippen LogP contribution in [0.3, 0.4) is 0 Å². The lowest BCUT2D eigenvalue weighted by Gasteiger charge is -2.46. The molecule has 378 valence electrons. The molecule has 12 rings (SSSR count). The van der Waals surface area contributed by atoms with Crippen LogP contribution in [0, 0.1) is 6.92 Å². The van der Waals surface area contributed by atoms with Gasteiger partial charge in [-0.3, -0.25) is 0 Å². The largest absolute Gasteiger partial charge is 0.454 e. The second-order valence-electron chi connectivity index (χ2n) is 25.5. The minimum Gasteiger partial charge on any atom is -0.454 e. The minimum absolute atomic E-state index is 0.00932. The smallest absolute Gasteiger partial charge is 0.252 e. The molecule has 0 radical (unpaired) electrons. The van der Waals surface area contributed by atoms with Gasteiger partial charge in [0.15, 0.2) is 5.58 Å². The number of fused-ring (bicyclic) bond motifs is 7. The Morgan fingerprint density at radius 2 is 0.934 bits per heavy atom. The predicted molar refractivity (Wildman–Crippen MR) is 327 cm³/mol. The maximum absolute atomic E-state index is 7.29. The van der Waals surface area contributed by atoms with Gasteiger partial charge in [0.05, 0.1) is 17.1 Å². The van der Waals surface area contributed by atoms with Crippen molar-refractivity contribution >= 4 is 96.2 Å². The van der Waals surface area contributed by atoms with Gasteiger partial charge in [-0.05, 0) is 127 Å². The van der Waals surface area contributed by atoms with Gasteiger partial charge in [-0.1, -0.05) is 217 Å². The van der Waals surface area contributed by atoms with E-state index in [0.29, 0.717) is 0 Å². The summed E-state index contributed by atoms with van der Waals surface area (Å²) in [6, 6.07) is 71.0. The Kier molecular flexibility index (Phi) is 11.4. The Morgan fingerprint density at radius 1 is 0.408 bits per heavy atom. The molecular formula is C71H70BN3O. The van der Waals surface area contributed by atoms with Crippen molar-refractivity contribution < 1.29 is 4.42 Å². The molecule has 0 spiro atoms. The highest BCUT2D eigenvalue weighted by Gasteiger charge is 2.45. The Morgan fingerprint density at radius 3 is 1.55 bits per heavy atom. The van der Waals surface area contributed by atoms with Crippen LogP contribution in [0.5, 0.6) is 0 Å². The topological polar surface area (TPSA) is 22.9 Å². The molecule has 0 bridgehead atoms. The van der Waals surface area contributed by atoms with E-state index in [4.69, 9.17) is 4.42 Å². The molecule has 0 fully saturated rings. The van der Waals surface area contributed by atoms with E-state index in [2.05, 4.69) is 293 Å². The lowest BCUT2D eigenvalue weighted by atomic mass is 9.33. The number of aryl methyl sites for hydroxylation is 1. The van der Waals surface area contributed by atoms with Crippen LogP contribution in [0.1, 0.15) is 111 Å². The Hall–Kier alpha value is -7.76. The molecule has 0 amide bonds. The predicted octanol–water partition coefficient (Wildman–Crippen LogP) is 18.3. The van der Waals surface area contributed by atoms with E-state index in [1.54, 1.807) is 0 Å². The summed E-state index contributed by atoms with van der Waals surface area (Å²) in [5.74, 6) is 0.